The molecule has 0 amide bonds. The van der Waals surface area contributed by atoms with Crippen LogP contribution in [0.4, 0.5) is 0 Å². The third-order valence-electron chi connectivity index (χ3n) is 8.69. The van der Waals surface area contributed by atoms with Crippen molar-refractivity contribution < 1.29 is 0 Å². The first-order chi connectivity index (χ1) is 20.8. The minimum Gasteiger partial charge on any atom is -0.237 e. The minimum atomic E-state index is 0.745. The summed E-state index contributed by atoms with van der Waals surface area (Å²) >= 11 is 0. The molecule has 1 aliphatic rings. The second kappa shape index (κ2) is 8.95. The number of benzene rings is 7. The molecule has 0 radical (unpaired) electrons. The van der Waals surface area contributed by atoms with E-state index in [1.165, 1.54) is 65.7 Å². The SMILES string of the molecule is c1ccc(-c2ccc3c(-c4ccnc(-c5ccc6c7c(cccc57)-c5c-6ccc6ccccc56)n4)cccc3c2)cc1. The largest absolute Gasteiger partial charge is 0.237 e. The molecule has 1 heterocycles. The van der Waals surface area contributed by atoms with Crippen LogP contribution < -0.4 is 0 Å². The maximum absolute atomic E-state index is 5.16. The van der Waals surface area contributed by atoms with Crippen LogP contribution in [0.5, 0.6) is 0 Å². The summed E-state index contributed by atoms with van der Waals surface area (Å²) in [6.45, 7) is 0. The van der Waals surface area contributed by atoms with Gasteiger partial charge in [0.25, 0.3) is 0 Å². The van der Waals surface area contributed by atoms with Gasteiger partial charge in [0.15, 0.2) is 5.82 Å². The highest BCUT2D eigenvalue weighted by molar-refractivity contribution is 6.23. The first-order valence-corrected chi connectivity index (χ1v) is 14.3. The first kappa shape index (κ1) is 23.1. The van der Waals surface area contributed by atoms with E-state index >= 15 is 0 Å². The van der Waals surface area contributed by atoms with E-state index in [0.717, 1.165) is 22.6 Å². The molecule has 0 saturated carbocycles. The second-order valence-corrected chi connectivity index (χ2v) is 11.0. The summed E-state index contributed by atoms with van der Waals surface area (Å²) in [5, 5.41) is 7.42. The molecule has 0 N–H and O–H groups in total. The van der Waals surface area contributed by atoms with Crippen molar-refractivity contribution in [2.75, 3.05) is 0 Å². The average molecular weight is 533 g/mol. The molecule has 0 spiro atoms. The van der Waals surface area contributed by atoms with Crippen LogP contribution in [-0.4, -0.2) is 9.97 Å². The highest BCUT2D eigenvalue weighted by Crippen LogP contribution is 2.51. The van der Waals surface area contributed by atoms with Gasteiger partial charge in [0.1, 0.15) is 0 Å². The van der Waals surface area contributed by atoms with Gasteiger partial charge in [-0.3, -0.25) is 0 Å². The Balaban J connectivity index is 1.19. The third kappa shape index (κ3) is 3.39. The molecule has 0 saturated heterocycles. The maximum Gasteiger partial charge on any atom is 0.160 e. The average Bonchev–Trinajstić information content (AvgIpc) is 3.40. The summed E-state index contributed by atoms with van der Waals surface area (Å²) in [4.78, 5) is 9.95. The molecule has 0 aliphatic heterocycles. The van der Waals surface area contributed by atoms with E-state index in [9.17, 15) is 0 Å². The highest BCUT2D eigenvalue weighted by Gasteiger charge is 2.25. The predicted molar refractivity (Wildman–Crippen MR) is 175 cm³/mol. The Morgan fingerprint density at radius 1 is 0.405 bits per heavy atom. The molecule has 8 aromatic rings. The summed E-state index contributed by atoms with van der Waals surface area (Å²) in [7, 11) is 0. The van der Waals surface area contributed by atoms with Gasteiger partial charge in [-0.2, -0.15) is 0 Å². The van der Waals surface area contributed by atoms with E-state index in [1.54, 1.807) is 0 Å². The lowest BCUT2D eigenvalue weighted by Crippen LogP contribution is -1.94. The van der Waals surface area contributed by atoms with Crippen LogP contribution in [0.3, 0.4) is 0 Å². The fourth-order valence-corrected chi connectivity index (χ4v) is 6.78. The summed E-state index contributed by atoms with van der Waals surface area (Å²) in [6.07, 6.45) is 1.89. The normalized spacial score (nSPS) is 11.8. The van der Waals surface area contributed by atoms with E-state index in [4.69, 9.17) is 9.97 Å². The number of aromatic nitrogens is 2. The molecule has 0 fully saturated rings. The number of hydrogen-bond donors (Lipinski definition) is 0. The van der Waals surface area contributed by atoms with Crippen LogP contribution >= 0.6 is 0 Å². The smallest absolute Gasteiger partial charge is 0.160 e. The Labute approximate surface area is 243 Å². The van der Waals surface area contributed by atoms with Crippen LogP contribution in [0.25, 0.3) is 88.3 Å². The third-order valence-corrected chi connectivity index (χ3v) is 8.69. The molecule has 0 bridgehead atoms. The number of hydrogen-bond acceptors (Lipinski definition) is 2. The van der Waals surface area contributed by atoms with Crippen LogP contribution in [0.15, 0.2) is 146 Å². The van der Waals surface area contributed by atoms with Crippen LogP contribution in [0, 0.1) is 0 Å². The Morgan fingerprint density at radius 3 is 2.12 bits per heavy atom. The topological polar surface area (TPSA) is 25.8 Å². The lowest BCUT2D eigenvalue weighted by molar-refractivity contribution is 1.19. The molecule has 9 rings (SSSR count). The molecule has 42 heavy (non-hydrogen) atoms. The molecule has 0 unspecified atom stereocenters. The molecule has 2 nitrogen and oxygen atoms in total. The van der Waals surface area contributed by atoms with E-state index in [2.05, 4.69) is 133 Å². The Kier molecular flexibility index (Phi) is 4.93. The number of nitrogens with zero attached hydrogens (tertiary/aromatic N) is 2. The lowest BCUT2D eigenvalue weighted by Gasteiger charge is -2.11. The predicted octanol–water partition coefficient (Wildman–Crippen LogP) is 10.6. The zero-order valence-corrected chi connectivity index (χ0v) is 22.8. The zero-order chi connectivity index (χ0) is 27.6. The summed E-state index contributed by atoms with van der Waals surface area (Å²) in [5.41, 5.74) is 10.7. The van der Waals surface area contributed by atoms with Gasteiger partial charge < -0.3 is 0 Å². The van der Waals surface area contributed by atoms with E-state index < -0.39 is 0 Å². The van der Waals surface area contributed by atoms with Crippen LogP contribution in [0.2, 0.25) is 0 Å². The van der Waals surface area contributed by atoms with Crippen LogP contribution in [-0.2, 0) is 0 Å². The monoisotopic (exact) mass is 532 g/mol. The molecule has 1 aliphatic carbocycles. The molecule has 2 heteroatoms. The number of rotatable bonds is 3. The Bertz CT molecular complexity index is 2350. The summed E-state index contributed by atoms with van der Waals surface area (Å²) in [5.74, 6) is 0.745. The van der Waals surface area contributed by atoms with Gasteiger partial charge in [0.05, 0.1) is 5.69 Å². The maximum atomic E-state index is 5.16. The number of fused-ring (bicyclic) bond motifs is 6. The van der Waals surface area contributed by atoms with Crippen molar-refractivity contribution in [3.8, 4) is 56.0 Å². The van der Waals surface area contributed by atoms with E-state index in [-0.39, 0.29) is 0 Å². The van der Waals surface area contributed by atoms with Gasteiger partial charge in [-0.25, -0.2) is 9.97 Å². The van der Waals surface area contributed by atoms with Crippen molar-refractivity contribution in [3.63, 3.8) is 0 Å². The fraction of sp³-hybridized carbons (Fsp3) is 0. The fourth-order valence-electron chi connectivity index (χ4n) is 6.78. The Hall–Kier alpha value is -5.60. The second-order valence-electron chi connectivity index (χ2n) is 11.0. The van der Waals surface area contributed by atoms with Gasteiger partial charge in [-0.1, -0.05) is 121 Å². The van der Waals surface area contributed by atoms with Crippen molar-refractivity contribution in [3.05, 3.63) is 146 Å². The summed E-state index contributed by atoms with van der Waals surface area (Å²) in [6, 6.07) is 49.9. The van der Waals surface area contributed by atoms with Gasteiger partial charge in [0, 0.05) is 17.3 Å². The van der Waals surface area contributed by atoms with Crippen LogP contribution in [0.1, 0.15) is 0 Å². The highest BCUT2D eigenvalue weighted by atomic mass is 14.9. The van der Waals surface area contributed by atoms with Gasteiger partial charge >= 0.3 is 0 Å². The van der Waals surface area contributed by atoms with Gasteiger partial charge in [-0.05, 0) is 83.9 Å². The van der Waals surface area contributed by atoms with Crippen molar-refractivity contribution in [2.24, 2.45) is 0 Å². The van der Waals surface area contributed by atoms with E-state index in [0.29, 0.717) is 0 Å². The quantitative estimate of drug-likeness (QED) is 0.226. The molecule has 1 aromatic heterocycles. The van der Waals surface area contributed by atoms with Crippen molar-refractivity contribution in [2.45, 2.75) is 0 Å². The van der Waals surface area contributed by atoms with Crippen molar-refractivity contribution in [1.29, 1.82) is 0 Å². The molecular formula is C40H24N2. The zero-order valence-electron chi connectivity index (χ0n) is 22.8. The van der Waals surface area contributed by atoms with Crippen molar-refractivity contribution in [1.82, 2.24) is 9.97 Å². The lowest BCUT2D eigenvalue weighted by atomic mass is 9.96. The molecular weight excluding hydrogens is 508 g/mol. The molecule has 194 valence electrons. The van der Waals surface area contributed by atoms with Gasteiger partial charge in [0.2, 0.25) is 0 Å². The Morgan fingerprint density at radius 2 is 1.17 bits per heavy atom. The molecule has 0 atom stereocenters. The van der Waals surface area contributed by atoms with Gasteiger partial charge in [-0.15, -0.1) is 0 Å². The van der Waals surface area contributed by atoms with Crippen molar-refractivity contribution >= 4 is 32.3 Å². The molecule has 7 aromatic carbocycles. The first-order valence-electron chi connectivity index (χ1n) is 14.3. The van der Waals surface area contributed by atoms with E-state index in [1.807, 2.05) is 12.3 Å². The summed E-state index contributed by atoms with van der Waals surface area (Å²) < 4.78 is 0. The minimum absolute atomic E-state index is 0.745. The standard InChI is InChI=1S/C40H24N2/c1-2-8-25(9-3-1)27-17-18-29-28(24-27)11-6-13-31(29)37-22-23-41-40(42-37)35-21-20-34-33-19-16-26-10-4-5-12-30(26)38(33)36-15-7-14-32(35)39(34)36/h1-24H.